The summed E-state index contributed by atoms with van der Waals surface area (Å²) in [7, 11) is 0. The fourth-order valence-corrected chi connectivity index (χ4v) is 7.65. The number of para-hydroxylation sites is 1. The number of fused-ring (bicyclic) bond motifs is 1. The standard InChI is InChI=1S/C42H38F6N2O6/c1-23-14-25(15-24(2)38(23)53)16-26(34-10-6-7-13-49-34)11-12-35(52)36-27(22-56-31-8-4-3-5-9-31)17-32-37(33(36)21-51)40(55)50(39(32)54)30-19-28(41(43,44)45)18-29(20-30)42(46,47)48/h3-10,13-16,18-20,32-33,35,37,51-53H,11-12,17,21-22H2,1-2H3/b26-16-/t32-,33+,35-,37-/m1/s1. The Morgan fingerprint density at radius 3 is 2.11 bits per heavy atom. The number of imide groups is 1. The van der Waals surface area contributed by atoms with Gasteiger partial charge in [0.25, 0.3) is 0 Å². The summed E-state index contributed by atoms with van der Waals surface area (Å²) in [5.41, 5.74) is -0.378. The number of aromatic hydroxyl groups is 1. The predicted octanol–water partition coefficient (Wildman–Crippen LogP) is 8.32. The first kappa shape index (κ1) is 40.2. The Labute approximate surface area is 318 Å². The summed E-state index contributed by atoms with van der Waals surface area (Å²) in [4.78, 5) is 32.8. The van der Waals surface area contributed by atoms with Gasteiger partial charge in [-0.15, -0.1) is 0 Å². The Balaban J connectivity index is 1.38. The van der Waals surface area contributed by atoms with Gasteiger partial charge in [0, 0.05) is 12.1 Å². The maximum atomic E-state index is 14.1. The number of nitrogens with zero attached hydrogens (tertiary/aromatic N) is 2. The van der Waals surface area contributed by atoms with Crippen molar-refractivity contribution < 1.29 is 56.0 Å². The number of aromatic nitrogens is 1. The minimum absolute atomic E-state index is 0.0188. The van der Waals surface area contributed by atoms with Crippen molar-refractivity contribution in [3.63, 3.8) is 0 Å². The molecular formula is C42H38F6N2O6. The molecule has 0 radical (unpaired) electrons. The van der Waals surface area contributed by atoms with E-state index in [4.69, 9.17) is 4.74 Å². The Kier molecular flexibility index (Phi) is 11.4. The van der Waals surface area contributed by atoms with E-state index in [1.54, 1.807) is 80.7 Å². The molecule has 1 aliphatic heterocycles. The summed E-state index contributed by atoms with van der Waals surface area (Å²) < 4.78 is 88.8. The zero-order valence-electron chi connectivity index (χ0n) is 30.2. The molecule has 6 rings (SSSR count). The molecule has 294 valence electrons. The van der Waals surface area contributed by atoms with E-state index in [0.29, 0.717) is 50.7 Å². The number of benzene rings is 3. The predicted molar refractivity (Wildman–Crippen MR) is 195 cm³/mol. The number of hydrogen-bond donors (Lipinski definition) is 3. The van der Waals surface area contributed by atoms with Crippen LogP contribution in [0.25, 0.3) is 11.6 Å². The van der Waals surface area contributed by atoms with Crippen LogP contribution >= 0.6 is 0 Å². The monoisotopic (exact) mass is 780 g/mol. The number of carbonyl (C=O) groups is 2. The molecule has 1 saturated heterocycles. The molecule has 0 bridgehead atoms. The fraction of sp³-hybridized carbons (Fsp3) is 0.310. The molecule has 56 heavy (non-hydrogen) atoms. The summed E-state index contributed by atoms with van der Waals surface area (Å²) in [6, 6.07) is 18.0. The van der Waals surface area contributed by atoms with Crippen LogP contribution in [0, 0.1) is 31.6 Å². The fourth-order valence-electron chi connectivity index (χ4n) is 7.65. The molecule has 0 saturated carbocycles. The van der Waals surface area contributed by atoms with Gasteiger partial charge in [0.15, 0.2) is 0 Å². The number of pyridine rings is 1. The summed E-state index contributed by atoms with van der Waals surface area (Å²) >= 11 is 0. The Morgan fingerprint density at radius 1 is 0.911 bits per heavy atom. The van der Waals surface area contributed by atoms with Crippen LogP contribution in [-0.4, -0.2) is 51.4 Å². The van der Waals surface area contributed by atoms with E-state index < -0.39 is 71.4 Å². The average Bonchev–Trinajstić information content (AvgIpc) is 3.41. The zero-order chi connectivity index (χ0) is 40.5. The number of carbonyl (C=O) groups excluding carboxylic acids is 2. The quantitative estimate of drug-likeness (QED) is 0.0796. The van der Waals surface area contributed by atoms with Gasteiger partial charge in [-0.1, -0.05) is 24.3 Å². The second-order valence-electron chi connectivity index (χ2n) is 14.0. The molecule has 1 fully saturated rings. The first-order chi connectivity index (χ1) is 26.5. The van der Waals surface area contributed by atoms with Crippen molar-refractivity contribution in [2.45, 2.75) is 51.6 Å². The molecule has 0 unspecified atom stereocenters. The van der Waals surface area contributed by atoms with Gasteiger partial charge >= 0.3 is 12.4 Å². The van der Waals surface area contributed by atoms with Crippen LogP contribution in [0.15, 0.2) is 96.2 Å². The summed E-state index contributed by atoms with van der Waals surface area (Å²) in [6.45, 7) is 2.55. The molecule has 2 aliphatic rings. The molecule has 8 nitrogen and oxygen atoms in total. The van der Waals surface area contributed by atoms with Gasteiger partial charge < -0.3 is 20.1 Å². The average molecular weight is 781 g/mol. The Morgan fingerprint density at radius 2 is 1.54 bits per heavy atom. The highest BCUT2D eigenvalue weighted by Crippen LogP contribution is 2.49. The van der Waals surface area contributed by atoms with Crippen LogP contribution < -0.4 is 9.64 Å². The Bertz CT molecular complexity index is 2110. The molecule has 4 atom stereocenters. The lowest BCUT2D eigenvalue weighted by Crippen LogP contribution is -2.40. The van der Waals surface area contributed by atoms with E-state index in [1.165, 1.54) is 0 Å². The van der Waals surface area contributed by atoms with Gasteiger partial charge in [-0.2, -0.15) is 26.3 Å². The minimum Gasteiger partial charge on any atom is -0.507 e. The molecular weight excluding hydrogens is 742 g/mol. The van der Waals surface area contributed by atoms with Crippen molar-refractivity contribution >= 4 is 29.2 Å². The molecule has 1 aliphatic carbocycles. The summed E-state index contributed by atoms with van der Waals surface area (Å²) in [6.07, 6.45) is -8.33. The zero-order valence-corrected chi connectivity index (χ0v) is 30.2. The first-order valence-electron chi connectivity index (χ1n) is 17.8. The third-order valence-electron chi connectivity index (χ3n) is 10.3. The maximum absolute atomic E-state index is 14.1. The van der Waals surface area contributed by atoms with Crippen molar-refractivity contribution in [1.29, 1.82) is 0 Å². The number of aryl methyl sites for hydroxylation is 2. The number of rotatable bonds is 11. The van der Waals surface area contributed by atoms with Crippen molar-refractivity contribution in [3.05, 3.63) is 130 Å². The van der Waals surface area contributed by atoms with E-state index >= 15 is 0 Å². The van der Waals surface area contributed by atoms with Gasteiger partial charge in [-0.3, -0.25) is 14.6 Å². The van der Waals surface area contributed by atoms with Crippen LogP contribution in [0.1, 0.15) is 52.8 Å². The third kappa shape index (κ3) is 8.36. The first-order valence-corrected chi connectivity index (χ1v) is 17.8. The smallest absolute Gasteiger partial charge is 0.416 e. The second kappa shape index (κ2) is 15.9. The number of halogens is 6. The Hall–Kier alpha value is -5.47. The third-order valence-corrected chi connectivity index (χ3v) is 10.3. The number of hydrogen-bond acceptors (Lipinski definition) is 7. The number of phenolic OH excluding ortho intramolecular Hbond substituents is 1. The van der Waals surface area contributed by atoms with E-state index in [0.717, 1.165) is 5.56 Å². The lowest BCUT2D eigenvalue weighted by Gasteiger charge is -2.36. The van der Waals surface area contributed by atoms with Crippen molar-refractivity contribution in [2.24, 2.45) is 17.8 Å². The molecule has 2 heterocycles. The van der Waals surface area contributed by atoms with Crippen LogP contribution in [0.5, 0.6) is 11.5 Å². The molecule has 14 heteroatoms. The highest BCUT2D eigenvalue weighted by atomic mass is 19.4. The lowest BCUT2D eigenvalue weighted by atomic mass is 9.68. The minimum atomic E-state index is -5.23. The van der Waals surface area contributed by atoms with E-state index in [2.05, 4.69) is 4.98 Å². The SMILES string of the molecule is Cc1cc(/C=C(/CC[C@@H](O)C2=C(COc3ccccc3)C[C@H]3C(=O)N(c4cc(C(F)(F)F)cc(C(F)(F)F)c4)C(=O)[C@H]3[C@H]2CO)c2ccccn2)cc(C)c1O. The largest absolute Gasteiger partial charge is 0.507 e. The normalized spacial score (nSPS) is 19.7. The highest BCUT2D eigenvalue weighted by Gasteiger charge is 2.56. The summed E-state index contributed by atoms with van der Waals surface area (Å²) in [5, 5.41) is 33.1. The van der Waals surface area contributed by atoms with Gasteiger partial charge in [-0.05, 0) is 127 Å². The van der Waals surface area contributed by atoms with E-state index in [-0.39, 0.29) is 43.3 Å². The van der Waals surface area contributed by atoms with Crippen LogP contribution in [0.2, 0.25) is 0 Å². The molecule has 3 aromatic carbocycles. The number of alkyl halides is 6. The molecule has 4 aromatic rings. The number of allylic oxidation sites excluding steroid dienone is 1. The van der Waals surface area contributed by atoms with Crippen molar-refractivity contribution in [2.75, 3.05) is 18.1 Å². The molecule has 1 aromatic heterocycles. The van der Waals surface area contributed by atoms with Gasteiger partial charge in [0.1, 0.15) is 18.1 Å². The van der Waals surface area contributed by atoms with Crippen molar-refractivity contribution in [1.82, 2.24) is 4.98 Å². The lowest BCUT2D eigenvalue weighted by molar-refractivity contribution is -0.143. The highest BCUT2D eigenvalue weighted by molar-refractivity contribution is 6.22. The van der Waals surface area contributed by atoms with Gasteiger partial charge in [0.2, 0.25) is 11.8 Å². The molecule has 2 amide bonds. The number of phenols is 1. The topological polar surface area (TPSA) is 120 Å². The van der Waals surface area contributed by atoms with Gasteiger partial charge in [-0.25, -0.2) is 4.90 Å². The molecule has 3 N–H and O–H groups in total. The van der Waals surface area contributed by atoms with Gasteiger partial charge in [0.05, 0.1) is 47.1 Å². The van der Waals surface area contributed by atoms with Crippen LogP contribution in [0.4, 0.5) is 32.0 Å². The van der Waals surface area contributed by atoms with Crippen LogP contribution in [0.3, 0.4) is 0 Å². The number of anilines is 1. The summed E-state index contributed by atoms with van der Waals surface area (Å²) in [5.74, 6) is -5.46. The number of aliphatic hydroxyl groups is 2. The number of amides is 2. The second-order valence-corrected chi connectivity index (χ2v) is 14.0. The van der Waals surface area contributed by atoms with Crippen molar-refractivity contribution in [3.8, 4) is 11.5 Å². The van der Waals surface area contributed by atoms with Crippen LogP contribution in [-0.2, 0) is 21.9 Å². The van der Waals surface area contributed by atoms with E-state index in [1.807, 2.05) is 6.08 Å². The number of ether oxygens (including phenoxy) is 1. The molecule has 0 spiro atoms. The maximum Gasteiger partial charge on any atom is 0.416 e. The van der Waals surface area contributed by atoms with E-state index in [9.17, 15) is 51.3 Å². The number of aliphatic hydroxyl groups excluding tert-OH is 2.